The molecule has 172 valence electrons. The van der Waals surface area contributed by atoms with Crippen molar-refractivity contribution in [1.29, 1.82) is 0 Å². The maximum absolute atomic E-state index is 13.1. The molecule has 1 heterocycles. The van der Waals surface area contributed by atoms with Crippen molar-refractivity contribution in [3.8, 4) is 16.9 Å². The van der Waals surface area contributed by atoms with Gasteiger partial charge in [0.2, 0.25) is 0 Å². The molecule has 3 aromatic rings. The number of hydrogen-bond donors (Lipinski definition) is 3. The van der Waals surface area contributed by atoms with E-state index in [2.05, 4.69) is 36.3 Å². The number of carbonyl (C=O) groups is 1. The fourth-order valence-corrected chi connectivity index (χ4v) is 4.34. The number of aliphatic hydroxyl groups excluding tert-OH is 1. The van der Waals surface area contributed by atoms with Gasteiger partial charge in [-0.3, -0.25) is 4.79 Å². The van der Waals surface area contributed by atoms with Crippen LogP contribution >= 0.6 is 0 Å². The van der Waals surface area contributed by atoms with E-state index in [9.17, 15) is 9.90 Å². The molecule has 4 N–H and O–H groups in total. The Kier molecular flexibility index (Phi) is 6.94. The number of anilines is 1. The summed E-state index contributed by atoms with van der Waals surface area (Å²) in [7, 11) is 0. The predicted octanol–water partition coefficient (Wildman–Crippen LogP) is 4.42. The van der Waals surface area contributed by atoms with Crippen LogP contribution in [0.2, 0.25) is 0 Å². The molecule has 1 aliphatic rings. The normalized spacial score (nSPS) is 17.7. The van der Waals surface area contributed by atoms with E-state index < -0.39 is 0 Å². The highest BCUT2D eigenvalue weighted by molar-refractivity contribution is 5.99. The first-order chi connectivity index (χ1) is 15.9. The number of nitrogen functional groups attached to an aromatic ring is 1. The van der Waals surface area contributed by atoms with Crippen LogP contribution in [-0.2, 0) is 6.61 Å². The molecular weight excluding hydrogens is 414 g/mol. The third-order valence-corrected chi connectivity index (χ3v) is 6.52. The van der Waals surface area contributed by atoms with Crippen LogP contribution in [0.3, 0.4) is 0 Å². The lowest BCUT2D eigenvalue weighted by Gasteiger charge is -2.22. The number of carbonyl (C=O) groups excluding carboxylic acids is 1. The van der Waals surface area contributed by atoms with Crippen LogP contribution in [0.15, 0.2) is 54.7 Å². The summed E-state index contributed by atoms with van der Waals surface area (Å²) in [6.45, 7) is 4.68. The number of nitrogens with two attached hydrogens (primary N) is 1. The summed E-state index contributed by atoms with van der Waals surface area (Å²) in [5.41, 5.74) is 11.3. The van der Waals surface area contributed by atoms with Crippen molar-refractivity contribution in [2.24, 2.45) is 5.92 Å². The SMILES string of the molecule is Cc1ccc(OC[C@H]2CCC[C@@H]2NC(=O)c2cc(-c3cccc(CO)c3)cnc2N)cc1C. The highest BCUT2D eigenvalue weighted by Gasteiger charge is 2.30. The van der Waals surface area contributed by atoms with E-state index >= 15 is 0 Å². The number of ether oxygens (including phenoxy) is 1. The number of aromatic nitrogens is 1. The molecule has 6 heteroatoms. The summed E-state index contributed by atoms with van der Waals surface area (Å²) in [4.78, 5) is 17.4. The van der Waals surface area contributed by atoms with E-state index in [1.54, 1.807) is 12.3 Å². The lowest BCUT2D eigenvalue weighted by Crippen LogP contribution is -2.39. The first kappa shape index (κ1) is 22.8. The first-order valence-electron chi connectivity index (χ1n) is 11.4. The third kappa shape index (κ3) is 5.34. The van der Waals surface area contributed by atoms with Crippen molar-refractivity contribution in [3.63, 3.8) is 0 Å². The van der Waals surface area contributed by atoms with Gasteiger partial charge >= 0.3 is 0 Å². The minimum absolute atomic E-state index is 0.0322. The van der Waals surface area contributed by atoms with Crippen molar-refractivity contribution in [3.05, 3.63) is 77.0 Å². The second-order valence-electron chi connectivity index (χ2n) is 8.84. The van der Waals surface area contributed by atoms with Crippen molar-refractivity contribution >= 4 is 11.7 Å². The zero-order valence-corrected chi connectivity index (χ0v) is 19.2. The standard InChI is InChI=1S/C27H31N3O3/c1-17-9-10-23(11-18(17)2)33-16-21-7-4-8-25(21)30-27(32)24-13-22(14-29-26(24)28)20-6-3-5-19(12-20)15-31/h3,5-6,9-14,21,25,31H,4,7-8,15-16H2,1-2H3,(H2,28,29)(H,30,32)/t21-,25+/m1/s1. The molecule has 2 aromatic carbocycles. The number of benzene rings is 2. The van der Waals surface area contributed by atoms with Gasteiger partial charge in [-0.25, -0.2) is 4.98 Å². The van der Waals surface area contributed by atoms with Gasteiger partial charge in [0.15, 0.2) is 0 Å². The van der Waals surface area contributed by atoms with Gasteiger partial charge < -0.3 is 20.9 Å². The van der Waals surface area contributed by atoms with Crippen LogP contribution < -0.4 is 15.8 Å². The summed E-state index contributed by atoms with van der Waals surface area (Å²) in [5.74, 6) is 1.09. The number of aliphatic hydroxyl groups is 1. The zero-order chi connectivity index (χ0) is 23.4. The lowest BCUT2D eigenvalue weighted by molar-refractivity contribution is 0.0919. The second kappa shape index (κ2) is 10.0. The molecule has 0 unspecified atom stereocenters. The van der Waals surface area contributed by atoms with Gasteiger partial charge in [0.05, 0.1) is 18.8 Å². The number of aryl methyl sites for hydroxylation is 2. The van der Waals surface area contributed by atoms with Crippen molar-refractivity contribution in [2.45, 2.75) is 45.8 Å². The molecule has 6 nitrogen and oxygen atoms in total. The average Bonchev–Trinajstić information content (AvgIpc) is 3.27. The Balaban J connectivity index is 1.45. The molecule has 0 radical (unpaired) electrons. The van der Waals surface area contributed by atoms with Gasteiger partial charge in [0.1, 0.15) is 11.6 Å². The summed E-state index contributed by atoms with van der Waals surface area (Å²) in [6, 6.07) is 15.4. The molecule has 1 aliphatic carbocycles. The molecule has 0 spiro atoms. The molecular formula is C27H31N3O3. The van der Waals surface area contributed by atoms with Crippen molar-refractivity contribution in [2.75, 3.05) is 12.3 Å². The topological polar surface area (TPSA) is 97.5 Å². The third-order valence-electron chi connectivity index (χ3n) is 6.52. The Morgan fingerprint density at radius 3 is 2.76 bits per heavy atom. The van der Waals surface area contributed by atoms with Crippen LogP contribution in [0, 0.1) is 19.8 Å². The Morgan fingerprint density at radius 1 is 1.12 bits per heavy atom. The Bertz CT molecular complexity index is 1150. The Hall–Kier alpha value is -3.38. The quantitative estimate of drug-likeness (QED) is 0.500. The van der Waals surface area contributed by atoms with Crippen LogP contribution in [0.4, 0.5) is 5.82 Å². The highest BCUT2D eigenvalue weighted by atomic mass is 16.5. The molecule has 0 saturated heterocycles. The van der Waals surface area contributed by atoms with Crippen LogP contribution in [0.25, 0.3) is 11.1 Å². The van der Waals surface area contributed by atoms with E-state index in [-0.39, 0.29) is 30.3 Å². The predicted molar refractivity (Wildman–Crippen MR) is 130 cm³/mol. The van der Waals surface area contributed by atoms with Gasteiger partial charge in [-0.15, -0.1) is 0 Å². The molecule has 1 amide bonds. The molecule has 1 fully saturated rings. The number of pyridine rings is 1. The van der Waals surface area contributed by atoms with Gasteiger partial charge in [0, 0.05) is 23.7 Å². The maximum Gasteiger partial charge on any atom is 0.255 e. The number of rotatable bonds is 7. The largest absolute Gasteiger partial charge is 0.493 e. The van der Waals surface area contributed by atoms with Gasteiger partial charge in [-0.2, -0.15) is 0 Å². The molecule has 0 bridgehead atoms. The summed E-state index contributed by atoms with van der Waals surface area (Å²) >= 11 is 0. The van der Waals surface area contributed by atoms with E-state index in [0.717, 1.165) is 41.7 Å². The average molecular weight is 446 g/mol. The smallest absolute Gasteiger partial charge is 0.255 e. The molecule has 4 rings (SSSR count). The number of nitrogens with one attached hydrogen (secondary N) is 1. The molecule has 1 aromatic heterocycles. The molecule has 2 atom stereocenters. The number of amides is 1. The van der Waals surface area contributed by atoms with E-state index in [1.807, 2.05) is 30.3 Å². The first-order valence-corrected chi connectivity index (χ1v) is 11.4. The van der Waals surface area contributed by atoms with Gasteiger partial charge in [-0.1, -0.05) is 30.7 Å². The van der Waals surface area contributed by atoms with Crippen LogP contribution in [-0.4, -0.2) is 28.6 Å². The van der Waals surface area contributed by atoms with Crippen LogP contribution in [0.5, 0.6) is 5.75 Å². The Morgan fingerprint density at radius 2 is 1.97 bits per heavy atom. The highest BCUT2D eigenvalue weighted by Crippen LogP contribution is 2.29. The molecule has 33 heavy (non-hydrogen) atoms. The lowest BCUT2D eigenvalue weighted by atomic mass is 10.0. The van der Waals surface area contributed by atoms with Gasteiger partial charge in [-0.05, 0) is 73.2 Å². The minimum Gasteiger partial charge on any atom is -0.493 e. The molecule has 0 aliphatic heterocycles. The van der Waals surface area contributed by atoms with E-state index in [0.29, 0.717) is 12.2 Å². The second-order valence-corrected chi connectivity index (χ2v) is 8.84. The number of nitrogens with zero attached hydrogens (tertiary/aromatic N) is 1. The maximum atomic E-state index is 13.1. The zero-order valence-electron chi connectivity index (χ0n) is 19.2. The van der Waals surface area contributed by atoms with Crippen molar-refractivity contribution < 1.29 is 14.6 Å². The minimum atomic E-state index is -0.219. The van der Waals surface area contributed by atoms with Crippen LogP contribution in [0.1, 0.15) is 46.3 Å². The number of hydrogen-bond acceptors (Lipinski definition) is 5. The fraction of sp³-hybridized carbons (Fsp3) is 0.333. The summed E-state index contributed by atoms with van der Waals surface area (Å²) in [5, 5.41) is 12.6. The molecule has 1 saturated carbocycles. The fourth-order valence-electron chi connectivity index (χ4n) is 4.34. The monoisotopic (exact) mass is 445 g/mol. The Labute approximate surface area is 194 Å². The summed E-state index contributed by atoms with van der Waals surface area (Å²) < 4.78 is 6.06. The van der Waals surface area contributed by atoms with E-state index in [4.69, 9.17) is 10.5 Å². The van der Waals surface area contributed by atoms with E-state index in [1.165, 1.54) is 11.1 Å². The van der Waals surface area contributed by atoms with Crippen molar-refractivity contribution in [1.82, 2.24) is 10.3 Å². The summed E-state index contributed by atoms with van der Waals surface area (Å²) in [6.07, 6.45) is 4.63. The van der Waals surface area contributed by atoms with Gasteiger partial charge in [0.25, 0.3) is 5.91 Å².